The molecule has 0 amide bonds. The predicted octanol–water partition coefficient (Wildman–Crippen LogP) is 4.93. The number of halogens is 1. The molecule has 8 nitrogen and oxygen atoms in total. The monoisotopic (exact) mass is 577 g/mol. The number of nitrogens with one attached hydrogen (secondary N) is 1. The van der Waals surface area contributed by atoms with E-state index in [1.165, 1.54) is 11.9 Å². The maximum Gasteiger partial charge on any atom is 0.319 e. The molecule has 2 fully saturated rings. The second kappa shape index (κ2) is 13.3. The topological polar surface area (TPSA) is 115 Å². The number of aromatic nitrogens is 3. The Labute approximate surface area is 246 Å². The van der Waals surface area contributed by atoms with E-state index in [-0.39, 0.29) is 22.8 Å². The van der Waals surface area contributed by atoms with Crippen LogP contribution in [0.4, 0.5) is 10.2 Å². The van der Waals surface area contributed by atoms with Gasteiger partial charge in [-0.1, -0.05) is 54.9 Å². The lowest BCUT2D eigenvalue weighted by Crippen LogP contribution is -2.47. The Morgan fingerprint density at radius 1 is 1.32 bits per heavy atom. The van der Waals surface area contributed by atoms with Crippen LogP contribution in [0.15, 0.2) is 43.1 Å². The quantitative estimate of drug-likeness (QED) is 0.273. The van der Waals surface area contributed by atoms with Gasteiger partial charge < -0.3 is 20.7 Å². The number of benzene rings is 1. The highest BCUT2D eigenvalue weighted by Crippen LogP contribution is 2.35. The number of hydrogen-bond donors (Lipinski definition) is 3. The molecule has 218 valence electrons. The second-order valence-electron chi connectivity index (χ2n) is 10.9. The molecule has 41 heavy (non-hydrogen) atoms. The van der Waals surface area contributed by atoms with Gasteiger partial charge in [0.25, 0.3) is 0 Å². The van der Waals surface area contributed by atoms with E-state index in [4.69, 9.17) is 20.6 Å². The van der Waals surface area contributed by atoms with Crippen LogP contribution in [0.25, 0.3) is 22.6 Å². The Morgan fingerprint density at radius 2 is 2.17 bits per heavy atom. The van der Waals surface area contributed by atoms with Gasteiger partial charge in [-0.25, -0.2) is 4.39 Å². The summed E-state index contributed by atoms with van der Waals surface area (Å²) in [5.41, 5.74) is 8.58. The van der Waals surface area contributed by atoms with Crippen molar-refractivity contribution in [3.8, 4) is 6.01 Å². The van der Waals surface area contributed by atoms with Gasteiger partial charge in [0.2, 0.25) is 0 Å². The first-order valence-electron chi connectivity index (χ1n) is 14.4. The van der Waals surface area contributed by atoms with Crippen LogP contribution in [0.2, 0.25) is 0 Å². The fourth-order valence-electron chi connectivity index (χ4n) is 6.14. The first-order valence-corrected chi connectivity index (χ1v) is 15.5. The summed E-state index contributed by atoms with van der Waals surface area (Å²) in [6.07, 6.45) is 10.3. The maximum atomic E-state index is 16.5. The van der Waals surface area contributed by atoms with Gasteiger partial charge in [-0.2, -0.15) is 9.97 Å². The molecule has 5 rings (SSSR count). The van der Waals surface area contributed by atoms with Gasteiger partial charge in [0.05, 0.1) is 10.9 Å². The molecule has 4 heterocycles. The summed E-state index contributed by atoms with van der Waals surface area (Å²) in [5.74, 6) is 1.44. The highest BCUT2D eigenvalue weighted by Gasteiger charge is 2.34. The molecular weight excluding hydrogens is 537 g/mol. The molecule has 2 saturated heterocycles. The average molecular weight is 578 g/mol. The molecule has 2 aromatic heterocycles. The van der Waals surface area contributed by atoms with Crippen LogP contribution in [0.1, 0.15) is 55.8 Å². The van der Waals surface area contributed by atoms with Crippen LogP contribution >= 0.6 is 11.9 Å². The number of hydrogen-bond acceptors (Lipinski definition) is 9. The lowest BCUT2D eigenvalue weighted by Gasteiger charge is -2.34. The van der Waals surface area contributed by atoms with E-state index < -0.39 is 5.82 Å². The first-order chi connectivity index (χ1) is 20.0. The molecule has 0 saturated carbocycles. The van der Waals surface area contributed by atoms with Crippen molar-refractivity contribution in [2.45, 2.75) is 44.6 Å². The van der Waals surface area contributed by atoms with Crippen LogP contribution in [0.5, 0.6) is 6.01 Å². The highest BCUT2D eigenvalue weighted by atomic mass is 32.2. The smallest absolute Gasteiger partial charge is 0.319 e. The summed E-state index contributed by atoms with van der Waals surface area (Å²) in [5, 5.41) is 9.94. The molecule has 10 heteroatoms. The van der Waals surface area contributed by atoms with Gasteiger partial charge in [-0.15, -0.1) is 0 Å². The fourth-order valence-corrected chi connectivity index (χ4v) is 6.69. The van der Waals surface area contributed by atoms with Crippen LogP contribution in [0.3, 0.4) is 0 Å². The Bertz CT molecular complexity index is 1410. The second-order valence-corrected chi connectivity index (χ2v) is 11.6. The minimum Gasteiger partial charge on any atom is -0.461 e. The van der Waals surface area contributed by atoms with Crippen molar-refractivity contribution in [3.63, 3.8) is 0 Å². The number of pyridine rings is 1. The molecule has 2 atom stereocenters. The van der Waals surface area contributed by atoms with Crippen molar-refractivity contribution in [2.24, 2.45) is 16.8 Å². The van der Waals surface area contributed by atoms with E-state index >= 15 is 4.39 Å². The van der Waals surface area contributed by atoms with E-state index in [0.717, 1.165) is 68.6 Å². The maximum absolute atomic E-state index is 16.5. The van der Waals surface area contributed by atoms with Crippen LogP contribution in [-0.2, 0) is 0 Å². The van der Waals surface area contributed by atoms with Crippen LogP contribution in [0, 0.1) is 11.7 Å². The van der Waals surface area contributed by atoms with Crippen molar-refractivity contribution in [1.82, 2.24) is 20.3 Å². The van der Waals surface area contributed by atoms with Gasteiger partial charge in [0.1, 0.15) is 23.6 Å². The number of rotatable bonds is 11. The minimum absolute atomic E-state index is 0.164. The Kier molecular flexibility index (Phi) is 9.54. The van der Waals surface area contributed by atoms with Crippen molar-refractivity contribution in [2.75, 3.05) is 43.4 Å². The lowest BCUT2D eigenvalue weighted by atomic mass is 9.94. The zero-order valence-electron chi connectivity index (χ0n) is 23.7. The Morgan fingerprint density at radius 3 is 2.90 bits per heavy atom. The molecular formula is C31H40FN7OS. The summed E-state index contributed by atoms with van der Waals surface area (Å²) in [4.78, 5) is 16.3. The van der Waals surface area contributed by atoms with E-state index in [1.54, 1.807) is 12.3 Å². The molecule has 0 spiro atoms. The third kappa shape index (κ3) is 6.25. The van der Waals surface area contributed by atoms with Crippen molar-refractivity contribution >= 4 is 40.3 Å². The van der Waals surface area contributed by atoms with Gasteiger partial charge in [-0.05, 0) is 69.2 Å². The number of ether oxygens (including phenoxy) is 1. The predicted molar refractivity (Wildman–Crippen MR) is 167 cm³/mol. The number of allylic oxidation sites excluding steroid dienone is 1. The standard InChI is InChI=1S/C31H40FN7OS/c1-3-22-10-5-6-11-24(22)23(4-2)27-26(32)28-25(17-35-27)29(39-16-7-9-21(18-39)19-41-34)38-30(37-28)40-20-31(13-14-33)12-8-15-36-31/h3-6,10-11,17,21,36H,1,7-9,12-16,18-20,33-34H2,2H3/b23-4+. The normalized spacial score (nSPS) is 21.4. The molecule has 0 aliphatic carbocycles. The summed E-state index contributed by atoms with van der Waals surface area (Å²) >= 11 is 1.36. The van der Waals surface area contributed by atoms with Gasteiger partial charge in [0.15, 0.2) is 5.82 Å². The van der Waals surface area contributed by atoms with Crippen molar-refractivity contribution in [3.05, 3.63) is 65.8 Å². The Balaban J connectivity index is 1.59. The number of nitrogens with two attached hydrogens (primary N) is 2. The molecule has 2 unspecified atom stereocenters. The summed E-state index contributed by atoms with van der Waals surface area (Å²) in [6, 6.07) is 7.94. The van der Waals surface area contributed by atoms with E-state index in [9.17, 15) is 0 Å². The lowest BCUT2D eigenvalue weighted by molar-refractivity contribution is 0.179. The average Bonchev–Trinajstić information content (AvgIpc) is 3.47. The van der Waals surface area contributed by atoms with Gasteiger partial charge in [0, 0.05) is 30.6 Å². The summed E-state index contributed by atoms with van der Waals surface area (Å²) < 4.78 is 22.8. The first kappa shape index (κ1) is 29.4. The fraction of sp³-hybridized carbons (Fsp3) is 0.452. The van der Waals surface area contributed by atoms with Crippen LogP contribution in [-0.4, -0.2) is 59.0 Å². The van der Waals surface area contributed by atoms with Crippen molar-refractivity contribution < 1.29 is 9.13 Å². The largest absolute Gasteiger partial charge is 0.461 e. The molecule has 2 aliphatic rings. The minimum atomic E-state index is -0.496. The molecule has 1 aromatic carbocycles. The number of anilines is 1. The SMILES string of the molecule is C=Cc1ccccc1/C(=C\C)c1ncc2c(N3CCCC(CSN)C3)nc(OCC3(CCN)CCCN3)nc2c1F. The van der Waals surface area contributed by atoms with Gasteiger partial charge in [-0.3, -0.25) is 10.1 Å². The van der Waals surface area contributed by atoms with Crippen LogP contribution < -0.4 is 25.8 Å². The molecule has 3 aromatic rings. The summed E-state index contributed by atoms with van der Waals surface area (Å²) in [7, 11) is 0. The van der Waals surface area contributed by atoms with E-state index in [2.05, 4.69) is 26.8 Å². The van der Waals surface area contributed by atoms with E-state index in [1.807, 2.05) is 37.3 Å². The number of piperidine rings is 1. The Hall–Kier alpha value is -3.05. The molecule has 5 N–H and O–H groups in total. The van der Waals surface area contributed by atoms with Crippen molar-refractivity contribution in [1.29, 1.82) is 0 Å². The highest BCUT2D eigenvalue weighted by molar-refractivity contribution is 7.97. The third-order valence-corrected chi connectivity index (χ3v) is 8.91. The molecule has 2 aliphatic heterocycles. The van der Waals surface area contributed by atoms with Gasteiger partial charge >= 0.3 is 6.01 Å². The van der Waals surface area contributed by atoms with E-state index in [0.29, 0.717) is 35.8 Å². The number of fused-ring (bicyclic) bond motifs is 1. The zero-order valence-corrected chi connectivity index (χ0v) is 24.6. The molecule has 0 radical (unpaired) electrons. The third-order valence-electron chi connectivity index (χ3n) is 8.24. The molecule has 0 bridgehead atoms. The summed E-state index contributed by atoms with van der Waals surface area (Å²) in [6.45, 7) is 9.25. The number of nitrogens with zero attached hydrogens (tertiary/aromatic N) is 4. The zero-order chi connectivity index (χ0) is 28.8.